The van der Waals surface area contributed by atoms with E-state index in [0.29, 0.717) is 24.5 Å². The molecular weight excluding hydrogens is 299 g/mol. The molecular formula is C14H20ClFN2O3. The van der Waals surface area contributed by atoms with Crippen molar-refractivity contribution < 1.29 is 18.7 Å². The standard InChI is InChI=1S/C14H19FN2O3.ClH/c1-9(11-7-10(15)3-4-12(11)19-2)17-14(18)13-8-16-5-6-20-13;/h3-4,7,9,13,16H,5-6,8H2,1-2H3,(H,17,18);1H. The molecule has 2 atom stereocenters. The van der Waals surface area contributed by atoms with Crippen LogP contribution in [0, 0.1) is 5.82 Å². The zero-order chi connectivity index (χ0) is 14.5. The molecule has 0 radical (unpaired) electrons. The van der Waals surface area contributed by atoms with E-state index in [9.17, 15) is 9.18 Å². The quantitative estimate of drug-likeness (QED) is 0.881. The van der Waals surface area contributed by atoms with E-state index in [1.165, 1.54) is 19.2 Å². The van der Waals surface area contributed by atoms with Crippen LogP contribution >= 0.6 is 12.4 Å². The summed E-state index contributed by atoms with van der Waals surface area (Å²) in [5.41, 5.74) is 0.601. The van der Waals surface area contributed by atoms with Crippen molar-refractivity contribution in [3.05, 3.63) is 29.6 Å². The Morgan fingerprint density at radius 1 is 1.57 bits per heavy atom. The summed E-state index contributed by atoms with van der Waals surface area (Å²) in [5, 5.41) is 5.91. The van der Waals surface area contributed by atoms with E-state index in [4.69, 9.17) is 9.47 Å². The minimum atomic E-state index is -0.509. The summed E-state index contributed by atoms with van der Waals surface area (Å²) in [7, 11) is 1.51. The van der Waals surface area contributed by atoms with Crippen molar-refractivity contribution >= 4 is 18.3 Å². The number of hydrogen-bond acceptors (Lipinski definition) is 4. The lowest BCUT2D eigenvalue weighted by Gasteiger charge is -2.25. The molecule has 21 heavy (non-hydrogen) atoms. The molecule has 1 heterocycles. The maximum Gasteiger partial charge on any atom is 0.250 e. The van der Waals surface area contributed by atoms with Crippen LogP contribution in [0.4, 0.5) is 4.39 Å². The van der Waals surface area contributed by atoms with Gasteiger partial charge in [0.05, 0.1) is 19.8 Å². The summed E-state index contributed by atoms with van der Waals surface area (Å²) in [6.45, 7) is 3.52. The summed E-state index contributed by atoms with van der Waals surface area (Å²) in [6.07, 6.45) is -0.509. The van der Waals surface area contributed by atoms with E-state index in [0.717, 1.165) is 6.54 Å². The number of amides is 1. The average Bonchev–Trinajstić information content (AvgIpc) is 2.48. The zero-order valence-corrected chi connectivity index (χ0v) is 12.8. The summed E-state index contributed by atoms with van der Waals surface area (Å²) in [5.74, 6) is -0.0321. The molecule has 1 aliphatic heterocycles. The van der Waals surface area contributed by atoms with E-state index >= 15 is 0 Å². The summed E-state index contributed by atoms with van der Waals surface area (Å²) in [4.78, 5) is 12.1. The topological polar surface area (TPSA) is 59.6 Å². The van der Waals surface area contributed by atoms with Gasteiger partial charge < -0.3 is 20.1 Å². The Labute approximate surface area is 129 Å². The molecule has 1 fully saturated rings. The van der Waals surface area contributed by atoms with Crippen molar-refractivity contribution in [2.24, 2.45) is 0 Å². The van der Waals surface area contributed by atoms with Gasteiger partial charge in [-0.2, -0.15) is 0 Å². The first-order valence-electron chi connectivity index (χ1n) is 6.58. The van der Waals surface area contributed by atoms with Gasteiger partial charge in [-0.3, -0.25) is 4.79 Å². The number of hydrogen-bond donors (Lipinski definition) is 2. The van der Waals surface area contributed by atoms with Gasteiger partial charge in [0.15, 0.2) is 0 Å². The molecule has 0 aromatic heterocycles. The molecule has 5 nitrogen and oxygen atoms in total. The summed E-state index contributed by atoms with van der Waals surface area (Å²) < 4.78 is 23.9. The van der Waals surface area contributed by atoms with Crippen molar-refractivity contribution in [2.45, 2.75) is 19.1 Å². The van der Waals surface area contributed by atoms with E-state index in [1.54, 1.807) is 13.0 Å². The lowest BCUT2D eigenvalue weighted by molar-refractivity contribution is -0.134. The Morgan fingerprint density at radius 3 is 2.95 bits per heavy atom. The van der Waals surface area contributed by atoms with Crippen LogP contribution in [0.1, 0.15) is 18.5 Å². The number of morpholine rings is 1. The van der Waals surface area contributed by atoms with Crippen LogP contribution < -0.4 is 15.4 Å². The number of methoxy groups -OCH3 is 1. The Bertz CT molecular complexity index is 481. The van der Waals surface area contributed by atoms with Crippen molar-refractivity contribution in [1.29, 1.82) is 0 Å². The van der Waals surface area contributed by atoms with Gasteiger partial charge in [0.1, 0.15) is 17.7 Å². The van der Waals surface area contributed by atoms with Crippen molar-refractivity contribution in [2.75, 3.05) is 26.8 Å². The van der Waals surface area contributed by atoms with E-state index < -0.39 is 6.10 Å². The molecule has 2 N–H and O–H groups in total. The number of carbonyl (C=O) groups is 1. The Kier molecular flexibility index (Phi) is 6.87. The molecule has 1 aliphatic rings. The minimum Gasteiger partial charge on any atom is -0.496 e. The third kappa shape index (κ3) is 4.56. The van der Waals surface area contributed by atoms with Crippen LogP contribution in [0.2, 0.25) is 0 Å². The van der Waals surface area contributed by atoms with Crippen molar-refractivity contribution in [3.8, 4) is 5.75 Å². The first-order chi connectivity index (χ1) is 9.61. The number of rotatable bonds is 4. The molecule has 0 saturated carbocycles. The Morgan fingerprint density at radius 2 is 2.33 bits per heavy atom. The van der Waals surface area contributed by atoms with Gasteiger partial charge in [-0.1, -0.05) is 0 Å². The van der Waals surface area contributed by atoms with Crippen LogP contribution in [-0.2, 0) is 9.53 Å². The predicted molar refractivity (Wildman–Crippen MR) is 79.4 cm³/mol. The smallest absolute Gasteiger partial charge is 0.250 e. The van der Waals surface area contributed by atoms with Crippen molar-refractivity contribution in [1.82, 2.24) is 10.6 Å². The van der Waals surface area contributed by atoms with Crippen LogP contribution in [0.3, 0.4) is 0 Å². The Balaban J connectivity index is 0.00000220. The maximum atomic E-state index is 13.3. The lowest BCUT2D eigenvalue weighted by atomic mass is 10.1. The Hall–Kier alpha value is -1.37. The molecule has 0 aliphatic carbocycles. The molecule has 7 heteroatoms. The normalized spacial score (nSPS) is 19.3. The first kappa shape index (κ1) is 17.7. The van der Waals surface area contributed by atoms with Gasteiger partial charge >= 0.3 is 0 Å². The number of ether oxygens (including phenoxy) is 2. The number of halogens is 2. The molecule has 1 amide bonds. The molecule has 0 spiro atoms. The third-order valence-corrected chi connectivity index (χ3v) is 3.24. The van der Waals surface area contributed by atoms with Gasteiger partial charge in [0.2, 0.25) is 0 Å². The molecule has 0 bridgehead atoms. The van der Waals surface area contributed by atoms with Gasteiger partial charge in [-0.15, -0.1) is 12.4 Å². The number of benzene rings is 1. The first-order valence-corrected chi connectivity index (χ1v) is 6.58. The fourth-order valence-corrected chi connectivity index (χ4v) is 2.16. The summed E-state index contributed by atoms with van der Waals surface area (Å²) in [6, 6.07) is 3.87. The van der Waals surface area contributed by atoms with Gasteiger partial charge in [0, 0.05) is 18.7 Å². The lowest BCUT2D eigenvalue weighted by Crippen LogP contribution is -2.48. The van der Waals surface area contributed by atoms with Gasteiger partial charge in [-0.05, 0) is 25.1 Å². The predicted octanol–water partition coefficient (Wildman–Crippen LogP) is 1.42. The van der Waals surface area contributed by atoms with Crippen LogP contribution in [0.25, 0.3) is 0 Å². The maximum absolute atomic E-state index is 13.3. The highest BCUT2D eigenvalue weighted by Gasteiger charge is 2.24. The second-order valence-electron chi connectivity index (χ2n) is 4.68. The van der Waals surface area contributed by atoms with Crippen LogP contribution in [0.5, 0.6) is 5.75 Å². The van der Waals surface area contributed by atoms with E-state index in [-0.39, 0.29) is 30.2 Å². The second-order valence-corrected chi connectivity index (χ2v) is 4.68. The molecule has 2 unspecified atom stereocenters. The average molecular weight is 319 g/mol. The minimum absolute atomic E-state index is 0. The molecule has 1 aromatic carbocycles. The fraction of sp³-hybridized carbons (Fsp3) is 0.500. The molecule has 1 saturated heterocycles. The largest absolute Gasteiger partial charge is 0.496 e. The highest BCUT2D eigenvalue weighted by Crippen LogP contribution is 2.25. The van der Waals surface area contributed by atoms with Crippen LogP contribution in [-0.4, -0.2) is 38.8 Å². The van der Waals surface area contributed by atoms with Gasteiger partial charge in [0.25, 0.3) is 5.91 Å². The second kappa shape index (κ2) is 8.17. The summed E-state index contributed by atoms with van der Waals surface area (Å²) >= 11 is 0. The van der Waals surface area contributed by atoms with E-state index in [2.05, 4.69) is 10.6 Å². The fourth-order valence-electron chi connectivity index (χ4n) is 2.16. The molecule has 1 aromatic rings. The van der Waals surface area contributed by atoms with Gasteiger partial charge in [-0.25, -0.2) is 4.39 Å². The monoisotopic (exact) mass is 318 g/mol. The zero-order valence-electron chi connectivity index (χ0n) is 12.0. The number of nitrogens with one attached hydrogen (secondary N) is 2. The highest BCUT2D eigenvalue weighted by atomic mass is 35.5. The highest BCUT2D eigenvalue weighted by molar-refractivity contribution is 5.85. The molecule has 2 rings (SSSR count). The SMILES string of the molecule is COc1ccc(F)cc1C(C)NC(=O)C1CNCCO1.Cl. The molecule has 118 valence electrons. The number of carbonyl (C=O) groups excluding carboxylic acids is 1. The van der Waals surface area contributed by atoms with E-state index in [1.807, 2.05) is 0 Å². The van der Waals surface area contributed by atoms with Crippen LogP contribution in [0.15, 0.2) is 18.2 Å². The third-order valence-electron chi connectivity index (χ3n) is 3.24. The van der Waals surface area contributed by atoms with Crippen molar-refractivity contribution in [3.63, 3.8) is 0 Å².